The maximum atomic E-state index is 12.4. The van der Waals surface area contributed by atoms with Gasteiger partial charge in [0.1, 0.15) is 0 Å². The highest BCUT2D eigenvalue weighted by molar-refractivity contribution is 5.76. The first-order valence-corrected chi connectivity index (χ1v) is 29.3. The molecule has 0 bridgehead atoms. The number of ether oxygens (including phenoxy) is 1. The van der Waals surface area contributed by atoms with E-state index in [4.69, 9.17) is 4.74 Å². The Balaban J connectivity index is 3.45. The Morgan fingerprint density at radius 2 is 0.712 bits per heavy atom. The molecule has 0 aromatic carbocycles. The van der Waals surface area contributed by atoms with Crippen LogP contribution in [0, 0.1) is 0 Å². The van der Waals surface area contributed by atoms with E-state index in [1.54, 1.807) is 6.08 Å². The molecule has 0 spiro atoms. The third-order valence-corrected chi connectivity index (χ3v) is 13.4. The molecule has 0 heterocycles. The van der Waals surface area contributed by atoms with E-state index in [-0.39, 0.29) is 18.5 Å². The smallest absolute Gasteiger partial charge is 0.305 e. The fourth-order valence-electron chi connectivity index (χ4n) is 8.86. The Hall–Kier alpha value is -1.92. The Morgan fingerprint density at radius 3 is 1.08 bits per heavy atom. The van der Waals surface area contributed by atoms with Crippen LogP contribution in [0.25, 0.3) is 0 Å². The minimum atomic E-state index is -0.850. The van der Waals surface area contributed by atoms with Crippen LogP contribution < -0.4 is 5.32 Å². The number of hydrogen-bond acceptors (Lipinski definition) is 5. The van der Waals surface area contributed by atoms with E-state index in [0.717, 1.165) is 51.4 Å². The quantitative estimate of drug-likeness (QED) is 0.0321. The standard InChI is InChI=1S/C60H113NO5/c1-3-5-7-9-11-13-15-17-18-22-26-30-34-38-42-46-50-54-60(65)66-55-51-47-43-39-35-31-27-24-21-19-20-23-25-29-33-37-41-45-49-53-59(64)61-57(56-62)58(63)52-48-44-40-36-32-28-16-14-12-10-8-6-4-2/h17-20,48,52,57-58,62-63H,3-16,21-47,49-51,53-56H2,1-2H3,(H,61,64)/b18-17-,20-19-,52-48+. The molecule has 2 atom stereocenters. The first-order chi connectivity index (χ1) is 32.5. The van der Waals surface area contributed by atoms with Crippen molar-refractivity contribution in [3.05, 3.63) is 36.5 Å². The number of aliphatic hydroxyl groups is 2. The van der Waals surface area contributed by atoms with E-state index in [9.17, 15) is 19.8 Å². The monoisotopic (exact) mass is 928 g/mol. The molecule has 0 saturated heterocycles. The highest BCUT2D eigenvalue weighted by atomic mass is 16.5. The van der Waals surface area contributed by atoms with E-state index in [1.807, 2.05) is 6.08 Å². The van der Waals surface area contributed by atoms with E-state index in [1.165, 1.54) is 231 Å². The molecule has 0 aliphatic rings. The number of amides is 1. The summed E-state index contributed by atoms with van der Waals surface area (Å²) in [6, 6.07) is -0.634. The molecule has 0 aliphatic heterocycles. The predicted molar refractivity (Wildman–Crippen MR) is 287 cm³/mol. The molecule has 6 nitrogen and oxygen atoms in total. The van der Waals surface area contributed by atoms with Crippen LogP contribution in [0.1, 0.15) is 309 Å². The molecule has 0 fully saturated rings. The number of rotatable bonds is 54. The third-order valence-electron chi connectivity index (χ3n) is 13.4. The van der Waals surface area contributed by atoms with Crippen molar-refractivity contribution in [1.82, 2.24) is 5.32 Å². The minimum Gasteiger partial charge on any atom is -0.466 e. The molecule has 0 aromatic heterocycles. The zero-order valence-corrected chi connectivity index (χ0v) is 44.2. The number of unbranched alkanes of at least 4 members (excludes halogenated alkanes) is 39. The summed E-state index contributed by atoms with van der Waals surface area (Å²) in [7, 11) is 0. The number of allylic oxidation sites excluding steroid dienone is 5. The Labute approximate surface area is 411 Å². The lowest BCUT2D eigenvalue weighted by Crippen LogP contribution is -2.45. The lowest BCUT2D eigenvalue weighted by atomic mass is 10.0. The summed E-state index contributed by atoms with van der Waals surface area (Å²) in [5, 5.41) is 23.1. The van der Waals surface area contributed by atoms with Crippen LogP contribution in [0.3, 0.4) is 0 Å². The maximum Gasteiger partial charge on any atom is 0.305 e. The molecular weight excluding hydrogens is 815 g/mol. The topological polar surface area (TPSA) is 95.9 Å². The summed E-state index contributed by atoms with van der Waals surface area (Å²) in [6.45, 7) is 4.88. The van der Waals surface area contributed by atoms with Gasteiger partial charge >= 0.3 is 5.97 Å². The zero-order chi connectivity index (χ0) is 47.9. The first kappa shape index (κ1) is 64.1. The van der Waals surface area contributed by atoms with Gasteiger partial charge in [-0.25, -0.2) is 0 Å². The Kier molecular flexibility index (Phi) is 54.1. The predicted octanol–water partition coefficient (Wildman–Crippen LogP) is 18.0. The molecule has 2 unspecified atom stereocenters. The summed E-state index contributed by atoms with van der Waals surface area (Å²) < 4.78 is 5.48. The third kappa shape index (κ3) is 51.5. The van der Waals surface area contributed by atoms with Gasteiger partial charge in [0, 0.05) is 12.8 Å². The highest BCUT2D eigenvalue weighted by Gasteiger charge is 2.18. The Bertz CT molecular complexity index is 1070. The minimum absolute atomic E-state index is 0.000392. The molecule has 0 saturated carbocycles. The molecule has 6 heteroatoms. The van der Waals surface area contributed by atoms with Crippen LogP contribution in [0.2, 0.25) is 0 Å². The van der Waals surface area contributed by atoms with E-state index in [0.29, 0.717) is 19.4 Å². The molecule has 0 aliphatic carbocycles. The van der Waals surface area contributed by atoms with Crippen LogP contribution in [0.5, 0.6) is 0 Å². The van der Waals surface area contributed by atoms with E-state index >= 15 is 0 Å². The van der Waals surface area contributed by atoms with Crippen molar-refractivity contribution >= 4 is 11.9 Å². The van der Waals surface area contributed by atoms with Crippen LogP contribution in [-0.2, 0) is 14.3 Å². The SMILES string of the molecule is CCCCCCCC/C=C\CCCCCCCCCC(=O)OCCCCCCCCCC/C=C\CCCCCCCCCC(=O)NC(CO)C(O)/C=C/CCCCCCCCCCCCC. The fourth-order valence-corrected chi connectivity index (χ4v) is 8.86. The van der Waals surface area contributed by atoms with Gasteiger partial charge in [-0.2, -0.15) is 0 Å². The summed E-state index contributed by atoms with van der Waals surface area (Å²) in [5.74, 6) is -0.0784. The van der Waals surface area contributed by atoms with Gasteiger partial charge in [0.15, 0.2) is 0 Å². The van der Waals surface area contributed by atoms with E-state index in [2.05, 4.69) is 43.5 Å². The second kappa shape index (κ2) is 55.7. The van der Waals surface area contributed by atoms with Gasteiger partial charge in [0.2, 0.25) is 5.91 Å². The molecule has 3 N–H and O–H groups in total. The molecular formula is C60H113NO5. The van der Waals surface area contributed by atoms with Crippen LogP contribution in [0.15, 0.2) is 36.5 Å². The van der Waals surface area contributed by atoms with Crippen LogP contribution >= 0.6 is 0 Å². The molecule has 66 heavy (non-hydrogen) atoms. The highest BCUT2D eigenvalue weighted by Crippen LogP contribution is 2.16. The molecule has 0 aromatic rings. The second-order valence-corrected chi connectivity index (χ2v) is 20.0. The van der Waals surface area contributed by atoms with Crippen molar-refractivity contribution in [2.75, 3.05) is 13.2 Å². The van der Waals surface area contributed by atoms with Crippen molar-refractivity contribution in [3.8, 4) is 0 Å². The molecule has 388 valence electrons. The van der Waals surface area contributed by atoms with Gasteiger partial charge in [0.05, 0.1) is 25.4 Å². The van der Waals surface area contributed by atoms with Crippen LogP contribution in [0.4, 0.5) is 0 Å². The van der Waals surface area contributed by atoms with Gasteiger partial charge in [-0.3, -0.25) is 9.59 Å². The van der Waals surface area contributed by atoms with Gasteiger partial charge < -0.3 is 20.3 Å². The maximum absolute atomic E-state index is 12.4. The largest absolute Gasteiger partial charge is 0.466 e. The number of aliphatic hydroxyl groups excluding tert-OH is 2. The van der Waals surface area contributed by atoms with Gasteiger partial charge in [-0.1, -0.05) is 249 Å². The Morgan fingerprint density at radius 1 is 0.409 bits per heavy atom. The number of carbonyl (C=O) groups excluding carboxylic acids is 2. The van der Waals surface area contributed by atoms with Gasteiger partial charge in [0.25, 0.3) is 0 Å². The molecule has 1 amide bonds. The normalized spacial score (nSPS) is 12.8. The summed E-state index contributed by atoms with van der Waals surface area (Å²) in [4.78, 5) is 24.5. The number of carbonyl (C=O) groups is 2. The van der Waals surface area contributed by atoms with Crippen molar-refractivity contribution in [2.45, 2.75) is 321 Å². The zero-order valence-electron chi connectivity index (χ0n) is 44.2. The molecule has 0 rings (SSSR count). The van der Waals surface area contributed by atoms with Gasteiger partial charge in [-0.15, -0.1) is 0 Å². The summed E-state index contributed by atoms with van der Waals surface area (Å²) in [6.07, 6.45) is 68.8. The van der Waals surface area contributed by atoms with E-state index < -0.39 is 12.1 Å². The van der Waals surface area contributed by atoms with Gasteiger partial charge in [-0.05, 0) is 83.5 Å². The van der Waals surface area contributed by atoms with Crippen molar-refractivity contribution in [3.63, 3.8) is 0 Å². The van der Waals surface area contributed by atoms with Crippen molar-refractivity contribution < 1.29 is 24.5 Å². The molecule has 0 radical (unpaired) electrons. The lowest BCUT2D eigenvalue weighted by molar-refractivity contribution is -0.143. The lowest BCUT2D eigenvalue weighted by Gasteiger charge is -2.20. The average Bonchev–Trinajstić information content (AvgIpc) is 3.32. The van der Waals surface area contributed by atoms with Crippen molar-refractivity contribution in [2.24, 2.45) is 0 Å². The second-order valence-electron chi connectivity index (χ2n) is 20.0. The number of hydrogen-bond donors (Lipinski definition) is 3. The van der Waals surface area contributed by atoms with Crippen molar-refractivity contribution in [1.29, 1.82) is 0 Å². The van der Waals surface area contributed by atoms with Crippen LogP contribution in [-0.4, -0.2) is 47.4 Å². The fraction of sp³-hybridized carbons (Fsp3) is 0.867. The summed E-state index contributed by atoms with van der Waals surface area (Å²) >= 11 is 0. The number of nitrogens with one attached hydrogen (secondary N) is 1. The average molecular weight is 929 g/mol. The number of esters is 1. The first-order valence-electron chi connectivity index (χ1n) is 29.3. The summed E-state index contributed by atoms with van der Waals surface area (Å²) in [5.41, 5.74) is 0.